The topological polar surface area (TPSA) is 78.6 Å². The lowest BCUT2D eigenvalue weighted by Gasteiger charge is -2.19. The first kappa shape index (κ1) is 18.0. The first-order valence-corrected chi connectivity index (χ1v) is 9.91. The number of nitrogens with one attached hydrogen (secondary N) is 2. The number of nitrogens with zero attached hydrogens (tertiary/aromatic N) is 4. The highest BCUT2D eigenvalue weighted by Gasteiger charge is 2.30. The lowest BCUT2D eigenvalue weighted by Crippen LogP contribution is -2.12. The van der Waals surface area contributed by atoms with Gasteiger partial charge in [-0.05, 0) is 29.8 Å². The highest BCUT2D eigenvalue weighted by atomic mass is 15.3. The molecule has 1 atom stereocenters. The summed E-state index contributed by atoms with van der Waals surface area (Å²) in [6, 6.07) is 24.5. The molecule has 0 fully saturated rings. The zero-order chi connectivity index (χ0) is 20.3. The molecule has 0 bridgehead atoms. The highest BCUT2D eigenvalue weighted by molar-refractivity contribution is 5.83. The van der Waals surface area contributed by atoms with Gasteiger partial charge in [0, 0.05) is 23.5 Å². The number of rotatable bonds is 4. The van der Waals surface area contributed by atoms with Crippen LogP contribution in [0.25, 0.3) is 11.3 Å². The van der Waals surface area contributed by atoms with Gasteiger partial charge < -0.3 is 10.6 Å². The van der Waals surface area contributed by atoms with Crippen molar-refractivity contribution in [3.63, 3.8) is 0 Å². The number of pyridine rings is 1. The summed E-state index contributed by atoms with van der Waals surface area (Å²) in [6.45, 7) is 0.518. The van der Waals surface area contributed by atoms with Crippen molar-refractivity contribution in [3.05, 3.63) is 90.3 Å². The Labute approximate surface area is 174 Å². The second-order valence-corrected chi connectivity index (χ2v) is 7.14. The van der Waals surface area contributed by atoms with E-state index in [9.17, 15) is 0 Å². The van der Waals surface area contributed by atoms with Crippen LogP contribution in [0.1, 0.15) is 23.6 Å². The van der Waals surface area contributed by atoms with Crippen molar-refractivity contribution < 1.29 is 0 Å². The Balaban J connectivity index is 1.77. The Morgan fingerprint density at radius 3 is 2.43 bits per heavy atom. The molecule has 2 N–H and O–H groups in total. The van der Waals surface area contributed by atoms with Crippen LogP contribution in [0.15, 0.2) is 79.1 Å². The van der Waals surface area contributed by atoms with Crippen LogP contribution >= 0.6 is 0 Å². The molecule has 0 aliphatic carbocycles. The van der Waals surface area contributed by atoms with Gasteiger partial charge in [-0.1, -0.05) is 42.5 Å². The molecular formula is C24H20N6. The van der Waals surface area contributed by atoms with Crippen LogP contribution in [0.2, 0.25) is 0 Å². The summed E-state index contributed by atoms with van der Waals surface area (Å²) >= 11 is 0. The molecule has 146 valence electrons. The predicted molar refractivity (Wildman–Crippen MR) is 117 cm³/mol. The van der Waals surface area contributed by atoms with E-state index in [0.717, 1.165) is 39.6 Å². The van der Waals surface area contributed by atoms with Crippen LogP contribution < -0.4 is 10.6 Å². The molecule has 4 aromatic rings. The summed E-state index contributed by atoms with van der Waals surface area (Å²) in [5.41, 5.74) is 6.09. The van der Waals surface area contributed by atoms with Gasteiger partial charge in [0.25, 0.3) is 0 Å². The molecule has 0 saturated heterocycles. The maximum Gasteiger partial charge on any atom is 0.135 e. The molecule has 5 rings (SSSR count). The van der Waals surface area contributed by atoms with Gasteiger partial charge in [-0.3, -0.25) is 4.98 Å². The van der Waals surface area contributed by atoms with Gasteiger partial charge in [-0.25, -0.2) is 4.68 Å². The predicted octanol–water partition coefficient (Wildman–Crippen LogP) is 5.12. The van der Waals surface area contributed by atoms with E-state index in [0.29, 0.717) is 13.0 Å². The summed E-state index contributed by atoms with van der Waals surface area (Å²) < 4.78 is 1.92. The van der Waals surface area contributed by atoms with Gasteiger partial charge in [-0.15, -0.1) is 0 Å². The smallest absolute Gasteiger partial charge is 0.135 e. The van der Waals surface area contributed by atoms with Crippen molar-refractivity contribution in [3.8, 4) is 17.3 Å². The van der Waals surface area contributed by atoms with Gasteiger partial charge in [0.05, 0.1) is 36.5 Å². The molecule has 0 amide bonds. The van der Waals surface area contributed by atoms with Crippen molar-refractivity contribution in [2.75, 3.05) is 10.6 Å². The van der Waals surface area contributed by atoms with Crippen LogP contribution in [0.4, 0.5) is 17.2 Å². The number of hydrogen-bond acceptors (Lipinski definition) is 5. The number of aromatic nitrogens is 3. The van der Waals surface area contributed by atoms with Crippen LogP contribution in [0, 0.1) is 11.3 Å². The number of benzene rings is 2. The largest absolute Gasteiger partial charge is 0.372 e. The van der Waals surface area contributed by atoms with Gasteiger partial charge in [0.2, 0.25) is 0 Å². The first-order chi connectivity index (χ1) is 14.8. The number of aryl methyl sites for hydroxylation is 1. The fourth-order valence-electron chi connectivity index (χ4n) is 3.89. The normalized spacial score (nSPS) is 14.4. The van der Waals surface area contributed by atoms with Crippen molar-refractivity contribution in [2.45, 2.75) is 19.0 Å². The van der Waals surface area contributed by atoms with E-state index in [1.54, 1.807) is 0 Å². The number of anilines is 3. The average Bonchev–Trinajstić information content (AvgIpc) is 3.06. The molecule has 1 aliphatic rings. The molecule has 0 radical (unpaired) electrons. The van der Waals surface area contributed by atoms with Gasteiger partial charge >= 0.3 is 0 Å². The standard InChI is InChI=1S/C24H20N6/c25-13-6-16-30-24-21(23(29-30)17-7-2-1-3-8-17)22(18-11-14-26-15-12-18)27-19-9-4-5-10-20(19)28-24/h1-5,7-12,14-15,22,27-28H,6,16H2/t22-/m0/s1. The monoisotopic (exact) mass is 392 g/mol. The third-order valence-corrected chi connectivity index (χ3v) is 5.28. The van der Waals surface area contributed by atoms with Crippen molar-refractivity contribution in [1.29, 1.82) is 5.26 Å². The summed E-state index contributed by atoms with van der Waals surface area (Å²) in [5.74, 6) is 0.906. The molecule has 1 aliphatic heterocycles. The lowest BCUT2D eigenvalue weighted by atomic mass is 9.96. The van der Waals surface area contributed by atoms with E-state index >= 15 is 0 Å². The van der Waals surface area contributed by atoms with Crippen molar-refractivity contribution in [1.82, 2.24) is 14.8 Å². The van der Waals surface area contributed by atoms with Crippen molar-refractivity contribution >= 4 is 17.2 Å². The number of hydrogen-bond donors (Lipinski definition) is 2. The summed E-state index contributed by atoms with van der Waals surface area (Å²) in [6.07, 6.45) is 4.01. The Kier molecular flexibility index (Phi) is 4.62. The molecule has 30 heavy (non-hydrogen) atoms. The molecule has 6 heteroatoms. The third kappa shape index (κ3) is 3.16. The summed E-state index contributed by atoms with van der Waals surface area (Å²) in [7, 11) is 0. The minimum atomic E-state index is -0.120. The molecule has 2 aromatic carbocycles. The Bertz CT molecular complexity index is 1210. The first-order valence-electron chi connectivity index (χ1n) is 9.91. The number of nitriles is 1. The molecule has 0 spiro atoms. The molecule has 0 unspecified atom stereocenters. The van der Waals surface area contributed by atoms with Gasteiger partial charge in [-0.2, -0.15) is 10.4 Å². The zero-order valence-corrected chi connectivity index (χ0v) is 16.3. The molecule has 2 aromatic heterocycles. The zero-order valence-electron chi connectivity index (χ0n) is 16.3. The van der Waals surface area contributed by atoms with Crippen LogP contribution in [-0.4, -0.2) is 14.8 Å². The SMILES string of the molecule is N#CCCn1nc(-c2ccccc2)c2c1Nc1ccccc1N[C@H]2c1ccncc1. The Morgan fingerprint density at radius 1 is 0.933 bits per heavy atom. The summed E-state index contributed by atoms with van der Waals surface area (Å²) in [5, 5.41) is 21.4. The maximum absolute atomic E-state index is 9.17. The fraction of sp³-hybridized carbons (Fsp3) is 0.125. The van der Waals surface area contributed by atoms with E-state index in [2.05, 4.69) is 39.9 Å². The van der Waals surface area contributed by atoms with Crippen LogP contribution in [0.5, 0.6) is 0 Å². The second-order valence-electron chi connectivity index (χ2n) is 7.14. The quantitative estimate of drug-likeness (QED) is 0.504. The maximum atomic E-state index is 9.17. The average molecular weight is 392 g/mol. The van der Waals surface area contributed by atoms with Gasteiger partial charge in [0.1, 0.15) is 11.5 Å². The molecule has 3 heterocycles. The van der Waals surface area contributed by atoms with Crippen LogP contribution in [0.3, 0.4) is 0 Å². The highest BCUT2D eigenvalue weighted by Crippen LogP contribution is 2.44. The number of fused-ring (bicyclic) bond motifs is 2. The minimum Gasteiger partial charge on any atom is -0.372 e. The fourth-order valence-corrected chi connectivity index (χ4v) is 3.89. The van der Waals surface area contributed by atoms with Crippen molar-refractivity contribution in [2.24, 2.45) is 0 Å². The second kappa shape index (κ2) is 7.72. The van der Waals surface area contributed by atoms with Gasteiger partial charge in [0.15, 0.2) is 0 Å². The molecule has 6 nitrogen and oxygen atoms in total. The van der Waals surface area contributed by atoms with E-state index < -0.39 is 0 Å². The van der Waals surface area contributed by atoms with Crippen LogP contribution in [-0.2, 0) is 6.54 Å². The Morgan fingerprint density at radius 2 is 1.67 bits per heavy atom. The number of para-hydroxylation sites is 2. The Hall–Kier alpha value is -4.11. The van der Waals surface area contributed by atoms with E-state index in [-0.39, 0.29) is 6.04 Å². The molecular weight excluding hydrogens is 372 g/mol. The van der Waals surface area contributed by atoms with E-state index in [4.69, 9.17) is 10.4 Å². The van der Waals surface area contributed by atoms with E-state index in [1.165, 1.54) is 0 Å². The minimum absolute atomic E-state index is 0.120. The summed E-state index contributed by atoms with van der Waals surface area (Å²) in [4.78, 5) is 4.19. The lowest BCUT2D eigenvalue weighted by molar-refractivity contribution is 0.637. The molecule has 0 saturated carbocycles. The third-order valence-electron chi connectivity index (χ3n) is 5.28. The van der Waals surface area contributed by atoms with E-state index in [1.807, 2.05) is 65.6 Å².